The van der Waals surface area contributed by atoms with Crippen LogP contribution in [-0.4, -0.2) is 42.2 Å². The molecule has 2 fully saturated rings. The first-order chi connectivity index (χ1) is 11.5. The summed E-state index contributed by atoms with van der Waals surface area (Å²) >= 11 is 0. The lowest BCUT2D eigenvalue weighted by molar-refractivity contribution is -0.140. The molecule has 3 atom stereocenters. The molecule has 24 heavy (non-hydrogen) atoms. The number of nitrogens with zero attached hydrogens (tertiary/aromatic N) is 1. The van der Waals surface area contributed by atoms with Crippen molar-refractivity contribution < 1.29 is 14.6 Å². The van der Waals surface area contributed by atoms with Gasteiger partial charge in [0.15, 0.2) is 0 Å². The molecule has 3 unspecified atom stereocenters. The van der Waals surface area contributed by atoms with E-state index < -0.39 is 5.97 Å². The van der Waals surface area contributed by atoms with Crippen LogP contribution in [0.25, 0.3) is 0 Å². The maximum absolute atomic E-state index is 11.7. The second-order valence-electron chi connectivity index (χ2n) is 8.00. The molecule has 2 bridgehead atoms. The zero-order valence-electron chi connectivity index (χ0n) is 14.6. The van der Waals surface area contributed by atoms with Crippen molar-refractivity contribution >= 4 is 5.97 Å². The predicted octanol–water partition coefficient (Wildman–Crippen LogP) is 3.08. The van der Waals surface area contributed by atoms with E-state index in [9.17, 15) is 9.90 Å². The van der Waals surface area contributed by atoms with Crippen LogP contribution in [0, 0.1) is 11.8 Å². The summed E-state index contributed by atoms with van der Waals surface area (Å²) in [5.41, 5.74) is 2.29. The van der Waals surface area contributed by atoms with E-state index in [1.165, 1.54) is 30.5 Å². The fraction of sp³-hybridized carbons (Fsp3) is 0.650. The van der Waals surface area contributed by atoms with Gasteiger partial charge in [0.1, 0.15) is 5.75 Å². The number of likely N-dealkylation sites (tertiary alicyclic amines) is 1. The summed E-state index contributed by atoms with van der Waals surface area (Å²) in [4.78, 5) is 14.3. The van der Waals surface area contributed by atoms with Crippen molar-refractivity contribution in [1.82, 2.24) is 4.90 Å². The van der Waals surface area contributed by atoms with Gasteiger partial charge in [-0.25, -0.2) is 0 Å². The molecule has 4 nitrogen and oxygen atoms in total. The van der Waals surface area contributed by atoms with Crippen LogP contribution < -0.4 is 4.74 Å². The molecule has 1 N–H and O–H groups in total. The van der Waals surface area contributed by atoms with E-state index in [0.717, 1.165) is 31.1 Å². The molecule has 1 saturated carbocycles. The fourth-order valence-corrected chi connectivity index (χ4v) is 5.13. The summed E-state index contributed by atoms with van der Waals surface area (Å²) in [6, 6.07) is 6.75. The number of fused-ring (bicyclic) bond motifs is 4. The third-order valence-electron chi connectivity index (χ3n) is 6.70. The van der Waals surface area contributed by atoms with Crippen LogP contribution >= 0.6 is 0 Å². The molecular weight excluding hydrogens is 302 g/mol. The van der Waals surface area contributed by atoms with Crippen LogP contribution in [0.3, 0.4) is 0 Å². The number of carbonyl (C=O) groups is 1. The molecule has 4 rings (SSSR count). The van der Waals surface area contributed by atoms with Crippen LogP contribution in [0.1, 0.15) is 43.7 Å². The maximum atomic E-state index is 11.7. The Labute approximate surface area is 143 Å². The standard InChI is InChI=1S/C20H27NO3/c1-13-18-9-15-5-6-16(24-2)10-17(15)20(13,11-19(22)23)7-8-21(18)12-14-3-4-14/h5-6,10,13-14,18H,3-4,7-9,11-12H2,1-2H3,(H,22,23). The number of hydrogen-bond donors (Lipinski definition) is 1. The third-order valence-corrected chi connectivity index (χ3v) is 6.70. The van der Waals surface area contributed by atoms with Crippen molar-refractivity contribution in [3.63, 3.8) is 0 Å². The summed E-state index contributed by atoms with van der Waals surface area (Å²) in [7, 11) is 1.68. The number of methoxy groups -OCH3 is 1. The Morgan fingerprint density at radius 3 is 2.88 bits per heavy atom. The zero-order valence-corrected chi connectivity index (χ0v) is 14.6. The zero-order chi connectivity index (χ0) is 16.9. The lowest BCUT2D eigenvalue weighted by Gasteiger charge is -2.55. The number of piperidine rings is 1. The van der Waals surface area contributed by atoms with Gasteiger partial charge in [-0.3, -0.25) is 9.69 Å². The molecule has 1 aromatic carbocycles. The van der Waals surface area contributed by atoms with Gasteiger partial charge < -0.3 is 9.84 Å². The number of benzene rings is 1. The molecule has 1 aromatic rings. The number of hydrogen-bond acceptors (Lipinski definition) is 3. The first-order valence-corrected chi connectivity index (χ1v) is 9.17. The van der Waals surface area contributed by atoms with Gasteiger partial charge in [0.2, 0.25) is 0 Å². The first kappa shape index (κ1) is 15.9. The Bertz CT molecular complexity index is 654. The number of rotatable bonds is 5. The van der Waals surface area contributed by atoms with Gasteiger partial charge in [-0.2, -0.15) is 0 Å². The van der Waals surface area contributed by atoms with E-state index in [4.69, 9.17) is 4.74 Å². The quantitative estimate of drug-likeness (QED) is 0.902. The summed E-state index contributed by atoms with van der Waals surface area (Å²) in [5, 5.41) is 9.62. The van der Waals surface area contributed by atoms with Gasteiger partial charge in [0.05, 0.1) is 13.5 Å². The Hall–Kier alpha value is -1.55. The molecule has 0 aromatic heterocycles. The van der Waals surface area contributed by atoms with E-state index in [0.29, 0.717) is 12.0 Å². The molecule has 130 valence electrons. The second kappa shape index (κ2) is 5.76. The van der Waals surface area contributed by atoms with E-state index in [-0.39, 0.29) is 11.8 Å². The number of ether oxygens (including phenoxy) is 1. The average molecular weight is 329 g/mol. The number of carboxylic acids is 1. The largest absolute Gasteiger partial charge is 0.497 e. The first-order valence-electron chi connectivity index (χ1n) is 9.17. The SMILES string of the molecule is COc1ccc2c(c1)C1(CC(=O)O)CCN(CC3CC3)C(C2)C1C. The molecule has 0 spiro atoms. The van der Waals surface area contributed by atoms with Crippen molar-refractivity contribution in [3.05, 3.63) is 29.3 Å². The van der Waals surface area contributed by atoms with Gasteiger partial charge in [-0.15, -0.1) is 0 Å². The van der Waals surface area contributed by atoms with Crippen LogP contribution in [0.5, 0.6) is 5.75 Å². The molecule has 0 radical (unpaired) electrons. The van der Waals surface area contributed by atoms with E-state index in [1.807, 2.05) is 6.07 Å². The summed E-state index contributed by atoms with van der Waals surface area (Å²) in [6.07, 6.45) is 4.93. The molecule has 1 saturated heterocycles. The van der Waals surface area contributed by atoms with Crippen molar-refractivity contribution in [2.45, 2.75) is 50.5 Å². The highest BCUT2D eigenvalue weighted by molar-refractivity contribution is 5.70. The second-order valence-corrected chi connectivity index (χ2v) is 8.00. The minimum atomic E-state index is -0.688. The summed E-state index contributed by atoms with van der Waals surface area (Å²) in [6.45, 7) is 4.49. The van der Waals surface area contributed by atoms with Gasteiger partial charge in [-0.05, 0) is 67.3 Å². The Kier molecular flexibility index (Phi) is 3.83. The van der Waals surface area contributed by atoms with E-state index in [1.54, 1.807) is 7.11 Å². The van der Waals surface area contributed by atoms with Gasteiger partial charge >= 0.3 is 5.97 Å². The average Bonchev–Trinajstić information content (AvgIpc) is 3.36. The highest BCUT2D eigenvalue weighted by Crippen LogP contribution is 2.52. The fourth-order valence-electron chi connectivity index (χ4n) is 5.13. The van der Waals surface area contributed by atoms with E-state index >= 15 is 0 Å². The lowest BCUT2D eigenvalue weighted by Crippen LogP contribution is -2.59. The maximum Gasteiger partial charge on any atom is 0.304 e. The molecule has 1 heterocycles. The van der Waals surface area contributed by atoms with Crippen molar-refractivity contribution in [3.8, 4) is 5.75 Å². The third kappa shape index (κ3) is 2.52. The molecule has 1 aliphatic heterocycles. The van der Waals surface area contributed by atoms with Crippen LogP contribution in [-0.2, 0) is 16.6 Å². The van der Waals surface area contributed by atoms with Crippen molar-refractivity contribution in [2.75, 3.05) is 20.2 Å². The summed E-state index contributed by atoms with van der Waals surface area (Å²) < 4.78 is 5.43. The Morgan fingerprint density at radius 1 is 1.42 bits per heavy atom. The Balaban J connectivity index is 1.75. The van der Waals surface area contributed by atoms with Crippen LogP contribution in [0.15, 0.2) is 18.2 Å². The normalized spacial score (nSPS) is 32.2. The molecule has 0 amide bonds. The van der Waals surface area contributed by atoms with Gasteiger partial charge in [0.25, 0.3) is 0 Å². The number of aliphatic carboxylic acids is 1. The highest BCUT2D eigenvalue weighted by Gasteiger charge is 2.52. The molecule has 4 heteroatoms. The van der Waals surface area contributed by atoms with Crippen LogP contribution in [0.4, 0.5) is 0 Å². The number of carboxylic acid groups (broad SMARTS) is 1. The van der Waals surface area contributed by atoms with Gasteiger partial charge in [0, 0.05) is 18.0 Å². The van der Waals surface area contributed by atoms with E-state index in [2.05, 4.69) is 24.0 Å². The molecule has 2 aliphatic carbocycles. The minimum absolute atomic E-state index is 0.224. The minimum Gasteiger partial charge on any atom is -0.497 e. The molecule has 3 aliphatic rings. The van der Waals surface area contributed by atoms with Gasteiger partial charge in [-0.1, -0.05) is 13.0 Å². The summed E-state index contributed by atoms with van der Waals surface area (Å²) in [5.74, 6) is 1.39. The van der Waals surface area contributed by atoms with Crippen LogP contribution in [0.2, 0.25) is 0 Å². The highest BCUT2D eigenvalue weighted by atomic mass is 16.5. The van der Waals surface area contributed by atoms with Crippen molar-refractivity contribution in [1.29, 1.82) is 0 Å². The predicted molar refractivity (Wildman–Crippen MR) is 92.5 cm³/mol. The molecular formula is C20H27NO3. The smallest absolute Gasteiger partial charge is 0.304 e. The lowest BCUT2D eigenvalue weighted by atomic mass is 9.56. The monoisotopic (exact) mass is 329 g/mol. The topological polar surface area (TPSA) is 49.8 Å². The van der Waals surface area contributed by atoms with Crippen molar-refractivity contribution in [2.24, 2.45) is 11.8 Å². The Morgan fingerprint density at radius 2 is 2.21 bits per heavy atom.